The van der Waals surface area contributed by atoms with Gasteiger partial charge in [0, 0.05) is 25.2 Å². The number of nitrogens with zero attached hydrogens (tertiary/aromatic N) is 5. The Kier molecular flexibility index (Phi) is 5.86. The lowest BCUT2D eigenvalue weighted by atomic mass is 9.96. The van der Waals surface area contributed by atoms with Gasteiger partial charge in [-0.2, -0.15) is 15.6 Å². The van der Waals surface area contributed by atoms with E-state index in [-0.39, 0.29) is 5.57 Å². The van der Waals surface area contributed by atoms with Gasteiger partial charge in [-0.05, 0) is 28.1 Å². The second-order valence-corrected chi connectivity index (χ2v) is 7.69. The maximum Gasteiger partial charge on any atom is 0.210 e. The van der Waals surface area contributed by atoms with Crippen molar-refractivity contribution in [2.75, 3.05) is 36.2 Å². The molecule has 0 radical (unpaired) electrons. The molecular formula is C21H19BrN6O2. The van der Waals surface area contributed by atoms with E-state index in [2.05, 4.69) is 38.1 Å². The van der Waals surface area contributed by atoms with Gasteiger partial charge in [-0.1, -0.05) is 18.2 Å². The number of rotatable bonds is 4. The van der Waals surface area contributed by atoms with Crippen LogP contribution in [0.4, 0.5) is 11.6 Å². The van der Waals surface area contributed by atoms with Gasteiger partial charge in [0.15, 0.2) is 0 Å². The van der Waals surface area contributed by atoms with Crippen LogP contribution in [0.3, 0.4) is 0 Å². The molecule has 0 amide bonds. The molecule has 2 aliphatic heterocycles. The Labute approximate surface area is 182 Å². The Bertz CT molecular complexity index is 1060. The molecule has 2 N–H and O–H groups in total. The second-order valence-electron chi connectivity index (χ2n) is 6.83. The van der Waals surface area contributed by atoms with Crippen LogP contribution in [0.1, 0.15) is 5.76 Å². The zero-order valence-corrected chi connectivity index (χ0v) is 17.6. The predicted molar refractivity (Wildman–Crippen MR) is 116 cm³/mol. The van der Waals surface area contributed by atoms with E-state index in [0.717, 1.165) is 23.2 Å². The molecule has 152 valence electrons. The van der Waals surface area contributed by atoms with Gasteiger partial charge in [0.2, 0.25) is 5.88 Å². The maximum atomic E-state index is 9.78. The molecule has 1 aromatic carbocycles. The summed E-state index contributed by atoms with van der Waals surface area (Å²) in [6.45, 7) is 2.72. The third-order valence-corrected chi connectivity index (χ3v) is 5.53. The number of ether oxygens (including phenoxy) is 1. The summed E-state index contributed by atoms with van der Waals surface area (Å²) in [5, 5.41) is 25.5. The molecule has 1 fully saturated rings. The van der Waals surface area contributed by atoms with E-state index in [9.17, 15) is 10.5 Å². The molecule has 9 heteroatoms. The molecule has 0 spiro atoms. The standard InChI is InChI=1S/C21H19BrN6O2/c22-18-11-16(30-21(18)27-6-8-29-9-7-27)10-14(12-23)19-17(13-24)20(25)28(26-19)15-4-2-1-3-5-15/h1-5,10-11,17,20H,6-9,25H2/b14-10-/t17-,20+/m0/s1. The fraction of sp³-hybridized carbons (Fsp3) is 0.286. The molecule has 8 nitrogen and oxygen atoms in total. The van der Waals surface area contributed by atoms with E-state index < -0.39 is 12.1 Å². The number of hydrogen-bond acceptors (Lipinski definition) is 8. The minimum atomic E-state index is -0.742. The summed E-state index contributed by atoms with van der Waals surface area (Å²) in [6, 6.07) is 15.5. The summed E-state index contributed by atoms with van der Waals surface area (Å²) in [5.74, 6) is 0.439. The van der Waals surface area contributed by atoms with Crippen molar-refractivity contribution in [3.63, 3.8) is 0 Å². The molecule has 0 saturated carbocycles. The van der Waals surface area contributed by atoms with Crippen LogP contribution in [0.15, 0.2) is 56.0 Å². The largest absolute Gasteiger partial charge is 0.440 e. The minimum Gasteiger partial charge on any atom is -0.440 e. The zero-order chi connectivity index (χ0) is 21.1. The van der Waals surface area contributed by atoms with Crippen LogP contribution < -0.4 is 15.6 Å². The van der Waals surface area contributed by atoms with E-state index in [1.165, 1.54) is 0 Å². The number of para-hydroxylation sites is 1. The molecule has 0 unspecified atom stereocenters. The average molecular weight is 467 g/mol. The Morgan fingerprint density at radius 2 is 1.97 bits per heavy atom. The summed E-state index contributed by atoms with van der Waals surface area (Å²) in [7, 11) is 0. The Morgan fingerprint density at radius 3 is 2.63 bits per heavy atom. The summed E-state index contributed by atoms with van der Waals surface area (Å²) >= 11 is 3.52. The van der Waals surface area contributed by atoms with Crippen LogP contribution >= 0.6 is 15.9 Å². The van der Waals surface area contributed by atoms with Crippen molar-refractivity contribution < 1.29 is 9.15 Å². The van der Waals surface area contributed by atoms with Crippen molar-refractivity contribution in [1.29, 1.82) is 10.5 Å². The van der Waals surface area contributed by atoms with Crippen LogP contribution in [0.5, 0.6) is 0 Å². The second kappa shape index (κ2) is 8.72. The number of halogens is 1. The lowest BCUT2D eigenvalue weighted by Gasteiger charge is -2.26. The summed E-state index contributed by atoms with van der Waals surface area (Å²) in [5.41, 5.74) is 7.60. The fourth-order valence-corrected chi connectivity index (χ4v) is 4.01. The molecule has 30 heavy (non-hydrogen) atoms. The van der Waals surface area contributed by atoms with Gasteiger partial charge in [0.05, 0.1) is 40.7 Å². The van der Waals surface area contributed by atoms with Gasteiger partial charge in [0.25, 0.3) is 0 Å². The van der Waals surface area contributed by atoms with Gasteiger partial charge >= 0.3 is 0 Å². The highest BCUT2D eigenvalue weighted by molar-refractivity contribution is 9.10. The summed E-state index contributed by atoms with van der Waals surface area (Å²) in [4.78, 5) is 2.08. The van der Waals surface area contributed by atoms with E-state index in [1.807, 2.05) is 30.3 Å². The van der Waals surface area contributed by atoms with E-state index >= 15 is 0 Å². The van der Waals surface area contributed by atoms with Crippen LogP contribution in [-0.2, 0) is 4.74 Å². The molecule has 2 aliphatic rings. The lowest BCUT2D eigenvalue weighted by molar-refractivity contribution is 0.120. The first-order valence-corrected chi connectivity index (χ1v) is 10.2. The Morgan fingerprint density at radius 1 is 1.23 bits per heavy atom. The van der Waals surface area contributed by atoms with Gasteiger partial charge in [-0.25, -0.2) is 5.01 Å². The van der Waals surface area contributed by atoms with Crippen molar-refractivity contribution in [2.45, 2.75) is 6.17 Å². The number of furan rings is 1. The molecule has 1 aromatic heterocycles. The highest BCUT2D eigenvalue weighted by atomic mass is 79.9. The maximum absolute atomic E-state index is 9.78. The Balaban J connectivity index is 1.67. The number of nitriles is 2. The van der Waals surface area contributed by atoms with Crippen molar-refractivity contribution in [3.8, 4) is 12.1 Å². The van der Waals surface area contributed by atoms with E-state index in [4.69, 9.17) is 14.9 Å². The molecule has 2 aromatic rings. The van der Waals surface area contributed by atoms with Crippen LogP contribution in [0.25, 0.3) is 6.08 Å². The van der Waals surface area contributed by atoms with Crippen LogP contribution in [0, 0.1) is 28.6 Å². The SMILES string of the molecule is N#C/C(=C/c1cc(Br)c(N2CCOCC2)o1)C1=NN(c2ccccc2)[C@@H](N)[C@H]1C#N. The number of nitrogens with two attached hydrogens (primary N) is 1. The number of hydrazone groups is 1. The third kappa shape index (κ3) is 3.83. The normalized spacial score (nSPS) is 21.9. The van der Waals surface area contributed by atoms with Gasteiger partial charge < -0.3 is 19.8 Å². The third-order valence-electron chi connectivity index (χ3n) is 4.96. The molecule has 0 bridgehead atoms. The van der Waals surface area contributed by atoms with Gasteiger partial charge in [-0.3, -0.25) is 0 Å². The zero-order valence-electron chi connectivity index (χ0n) is 16.0. The van der Waals surface area contributed by atoms with E-state index in [0.29, 0.717) is 30.6 Å². The first-order chi connectivity index (χ1) is 14.6. The number of hydrogen-bond donors (Lipinski definition) is 1. The van der Waals surface area contributed by atoms with Crippen LogP contribution in [-0.4, -0.2) is 38.2 Å². The molecule has 3 heterocycles. The smallest absolute Gasteiger partial charge is 0.210 e. The quantitative estimate of drug-likeness (QED) is 0.688. The molecule has 2 atom stereocenters. The lowest BCUT2D eigenvalue weighted by Crippen LogP contribution is -2.40. The predicted octanol–water partition coefficient (Wildman–Crippen LogP) is 3.09. The van der Waals surface area contributed by atoms with Crippen molar-refractivity contribution in [1.82, 2.24) is 0 Å². The summed E-state index contributed by atoms with van der Waals surface area (Å²) < 4.78 is 12.1. The number of anilines is 2. The minimum absolute atomic E-state index is 0.241. The average Bonchev–Trinajstić information content (AvgIpc) is 3.32. The van der Waals surface area contributed by atoms with E-state index in [1.54, 1.807) is 17.2 Å². The van der Waals surface area contributed by atoms with Crippen LogP contribution in [0.2, 0.25) is 0 Å². The number of allylic oxidation sites excluding steroid dienone is 1. The first kappa shape index (κ1) is 20.2. The van der Waals surface area contributed by atoms with Crippen molar-refractivity contribution >= 4 is 39.3 Å². The highest BCUT2D eigenvalue weighted by Crippen LogP contribution is 2.33. The fourth-order valence-electron chi connectivity index (χ4n) is 3.45. The van der Waals surface area contributed by atoms with Crippen molar-refractivity contribution in [3.05, 3.63) is 52.2 Å². The molecular weight excluding hydrogens is 448 g/mol. The highest BCUT2D eigenvalue weighted by Gasteiger charge is 2.37. The monoisotopic (exact) mass is 466 g/mol. The first-order valence-electron chi connectivity index (χ1n) is 9.44. The number of benzene rings is 1. The topological polar surface area (TPSA) is 115 Å². The Hall–Kier alpha value is -3.11. The van der Waals surface area contributed by atoms with Gasteiger partial charge in [-0.15, -0.1) is 0 Å². The summed E-state index contributed by atoms with van der Waals surface area (Å²) in [6.07, 6.45) is 0.912. The number of morpholine rings is 1. The van der Waals surface area contributed by atoms with Crippen molar-refractivity contribution in [2.24, 2.45) is 16.8 Å². The van der Waals surface area contributed by atoms with Gasteiger partial charge in [0.1, 0.15) is 23.9 Å². The molecule has 0 aliphatic carbocycles. The molecule has 4 rings (SSSR count). The molecule has 1 saturated heterocycles.